The van der Waals surface area contributed by atoms with Gasteiger partial charge in [0.05, 0.1) is 0 Å². The Morgan fingerprint density at radius 2 is 2.23 bits per heavy atom. The highest BCUT2D eigenvalue weighted by molar-refractivity contribution is 9.10. The molecular weight excluding hydrogens is 251 g/mol. The maximum atomic E-state index is 5.79. The Morgan fingerprint density at radius 1 is 1.54 bits per heavy atom. The van der Waals surface area contributed by atoms with Crippen LogP contribution in [0.2, 0.25) is 0 Å². The van der Waals surface area contributed by atoms with Crippen LogP contribution in [-0.4, -0.2) is 11.0 Å². The number of pyridine rings is 1. The fraction of sp³-hybridized carbons (Fsp3) is 0.444. The monoisotopic (exact) mass is 264 g/mol. The molecule has 0 spiro atoms. The number of halogens is 2. The van der Waals surface area contributed by atoms with Crippen molar-refractivity contribution in [1.29, 1.82) is 0 Å². The first kappa shape index (κ1) is 12.9. The predicted molar refractivity (Wildman–Crippen MR) is 61.2 cm³/mol. The molecule has 0 amide bonds. The third kappa shape index (κ3) is 4.60. The van der Waals surface area contributed by atoms with Crippen LogP contribution in [0.5, 0.6) is 0 Å². The Labute approximate surface area is 93.5 Å². The molecule has 0 aromatic carbocycles. The van der Waals surface area contributed by atoms with Crippen molar-refractivity contribution in [2.24, 2.45) is 5.73 Å². The summed E-state index contributed by atoms with van der Waals surface area (Å²) >= 11 is 3.33. The van der Waals surface area contributed by atoms with Gasteiger partial charge in [0.2, 0.25) is 0 Å². The van der Waals surface area contributed by atoms with Crippen molar-refractivity contribution in [1.82, 2.24) is 4.98 Å². The van der Waals surface area contributed by atoms with E-state index in [1.807, 2.05) is 12.1 Å². The zero-order valence-corrected chi connectivity index (χ0v) is 9.94. The Hall–Kier alpha value is -0.120. The molecule has 0 fully saturated rings. The smallest absolute Gasteiger partial charge is 0.0419 e. The molecule has 1 heterocycles. The van der Waals surface area contributed by atoms with Crippen LogP contribution in [0.15, 0.2) is 22.8 Å². The first-order chi connectivity index (χ1) is 5.72. The second-order valence-corrected chi connectivity index (χ2v) is 3.76. The van der Waals surface area contributed by atoms with Crippen molar-refractivity contribution in [2.75, 3.05) is 0 Å². The Balaban J connectivity index is 0.00000144. The Kier molecular flexibility index (Phi) is 6.29. The topological polar surface area (TPSA) is 38.9 Å². The number of rotatable bonds is 3. The van der Waals surface area contributed by atoms with E-state index in [1.54, 1.807) is 6.20 Å². The summed E-state index contributed by atoms with van der Waals surface area (Å²) < 4.78 is 1.01. The average molecular weight is 266 g/mol. The molecule has 2 nitrogen and oxygen atoms in total. The highest BCUT2D eigenvalue weighted by Gasteiger charge is 2.01. The van der Waals surface area contributed by atoms with E-state index in [9.17, 15) is 0 Å². The summed E-state index contributed by atoms with van der Waals surface area (Å²) in [5, 5.41) is 0. The molecule has 0 aliphatic heterocycles. The molecule has 4 heteroatoms. The van der Waals surface area contributed by atoms with Crippen molar-refractivity contribution in [3.8, 4) is 0 Å². The van der Waals surface area contributed by atoms with E-state index in [2.05, 4.69) is 27.8 Å². The molecule has 0 aliphatic carbocycles. The number of hydrogen-bond acceptors (Lipinski definition) is 2. The zero-order chi connectivity index (χ0) is 8.97. The van der Waals surface area contributed by atoms with E-state index in [0.29, 0.717) is 0 Å². The van der Waals surface area contributed by atoms with Crippen molar-refractivity contribution in [3.63, 3.8) is 0 Å². The highest BCUT2D eigenvalue weighted by atomic mass is 79.9. The Morgan fingerprint density at radius 3 is 2.69 bits per heavy atom. The molecule has 0 aliphatic rings. The minimum Gasteiger partial charge on any atom is -0.327 e. The molecule has 1 rings (SSSR count). The number of aromatic nitrogens is 1. The van der Waals surface area contributed by atoms with Gasteiger partial charge in [0.1, 0.15) is 0 Å². The van der Waals surface area contributed by atoms with Gasteiger partial charge in [0.15, 0.2) is 0 Å². The number of hydrogen-bond donors (Lipinski definition) is 1. The number of nitrogens with two attached hydrogens (primary N) is 1. The molecule has 13 heavy (non-hydrogen) atoms. The maximum Gasteiger partial charge on any atom is 0.0419 e. The lowest BCUT2D eigenvalue weighted by atomic mass is 10.1. The van der Waals surface area contributed by atoms with Crippen LogP contribution in [0, 0.1) is 0 Å². The molecule has 1 atom stereocenters. The van der Waals surface area contributed by atoms with Gasteiger partial charge < -0.3 is 5.73 Å². The fourth-order valence-corrected chi connectivity index (χ4v) is 1.17. The van der Waals surface area contributed by atoms with Gasteiger partial charge in [0, 0.05) is 28.8 Å². The summed E-state index contributed by atoms with van der Waals surface area (Å²) in [5.41, 5.74) is 6.85. The Bertz CT molecular complexity index is 238. The van der Waals surface area contributed by atoms with Crippen LogP contribution in [0.4, 0.5) is 0 Å². The summed E-state index contributed by atoms with van der Waals surface area (Å²) in [4.78, 5) is 4.24. The molecule has 1 unspecified atom stereocenters. The van der Waals surface area contributed by atoms with Gasteiger partial charge in [-0.25, -0.2) is 0 Å². The summed E-state index contributed by atoms with van der Waals surface area (Å²) in [6, 6.07) is 4.23. The lowest BCUT2D eigenvalue weighted by Crippen LogP contribution is -2.21. The van der Waals surface area contributed by atoms with E-state index in [-0.39, 0.29) is 18.4 Å². The van der Waals surface area contributed by atoms with Gasteiger partial charge in [-0.2, -0.15) is 0 Å². The van der Waals surface area contributed by atoms with Crippen LogP contribution in [0.25, 0.3) is 0 Å². The van der Waals surface area contributed by atoms with Gasteiger partial charge in [-0.05, 0) is 34.5 Å². The third-order valence-electron chi connectivity index (χ3n) is 1.78. The quantitative estimate of drug-likeness (QED) is 0.912. The van der Waals surface area contributed by atoms with E-state index in [4.69, 9.17) is 5.73 Å². The van der Waals surface area contributed by atoms with Gasteiger partial charge in [-0.15, -0.1) is 12.4 Å². The second-order valence-electron chi connectivity index (χ2n) is 2.84. The van der Waals surface area contributed by atoms with Crippen LogP contribution in [0.1, 0.15) is 19.0 Å². The minimum absolute atomic E-state index is 0. The van der Waals surface area contributed by atoms with Crippen LogP contribution in [0.3, 0.4) is 0 Å². The molecule has 1 aromatic rings. The zero-order valence-electron chi connectivity index (χ0n) is 7.53. The van der Waals surface area contributed by atoms with E-state index in [1.165, 1.54) is 0 Å². The van der Waals surface area contributed by atoms with Crippen LogP contribution in [-0.2, 0) is 6.42 Å². The lowest BCUT2D eigenvalue weighted by Gasteiger charge is -2.06. The van der Waals surface area contributed by atoms with Crippen molar-refractivity contribution in [3.05, 3.63) is 28.5 Å². The van der Waals surface area contributed by atoms with Crippen molar-refractivity contribution < 1.29 is 0 Å². The van der Waals surface area contributed by atoms with Crippen LogP contribution < -0.4 is 5.73 Å². The normalized spacial score (nSPS) is 11.9. The van der Waals surface area contributed by atoms with Gasteiger partial charge in [-0.3, -0.25) is 4.98 Å². The summed E-state index contributed by atoms with van der Waals surface area (Å²) in [7, 11) is 0. The average Bonchev–Trinajstić information content (AvgIpc) is 2.09. The molecule has 0 radical (unpaired) electrons. The fourth-order valence-electron chi connectivity index (χ4n) is 0.940. The van der Waals surface area contributed by atoms with Gasteiger partial charge in [-0.1, -0.05) is 6.92 Å². The molecule has 1 aromatic heterocycles. The molecule has 2 N–H and O–H groups in total. The number of nitrogens with zero attached hydrogens (tertiary/aromatic N) is 1. The summed E-state index contributed by atoms with van der Waals surface area (Å²) in [5.74, 6) is 0. The summed E-state index contributed by atoms with van der Waals surface area (Å²) in [6.45, 7) is 2.09. The molecule has 0 bridgehead atoms. The first-order valence-corrected chi connectivity index (χ1v) is 4.87. The standard InChI is InChI=1S/C9H13BrN2.ClH/c1-2-8(11)5-9-4-3-7(10)6-12-9;/h3-4,6,8H,2,5,11H2,1H3;1H. The molecule has 0 saturated heterocycles. The maximum absolute atomic E-state index is 5.79. The van der Waals surface area contributed by atoms with Crippen LogP contribution >= 0.6 is 28.3 Å². The largest absolute Gasteiger partial charge is 0.327 e. The van der Waals surface area contributed by atoms with E-state index in [0.717, 1.165) is 23.0 Å². The van der Waals surface area contributed by atoms with Gasteiger partial charge >= 0.3 is 0 Å². The second kappa shape index (κ2) is 6.35. The third-order valence-corrected chi connectivity index (χ3v) is 2.25. The molecule has 0 saturated carbocycles. The highest BCUT2D eigenvalue weighted by Crippen LogP contribution is 2.08. The minimum atomic E-state index is 0. The molecule has 74 valence electrons. The van der Waals surface area contributed by atoms with Gasteiger partial charge in [0.25, 0.3) is 0 Å². The van der Waals surface area contributed by atoms with Crippen molar-refractivity contribution >= 4 is 28.3 Å². The lowest BCUT2D eigenvalue weighted by molar-refractivity contribution is 0.636. The predicted octanol–water partition coefficient (Wildman–Crippen LogP) is 2.55. The SMILES string of the molecule is CCC(N)Cc1ccc(Br)cn1.Cl. The first-order valence-electron chi connectivity index (χ1n) is 4.08. The van der Waals surface area contributed by atoms with Crippen molar-refractivity contribution in [2.45, 2.75) is 25.8 Å². The van der Waals surface area contributed by atoms with E-state index >= 15 is 0 Å². The van der Waals surface area contributed by atoms with E-state index < -0.39 is 0 Å². The summed E-state index contributed by atoms with van der Waals surface area (Å²) in [6.07, 6.45) is 3.67. The molecular formula is C9H14BrClN2.